The quantitative estimate of drug-likeness (QED) is 0.630. The van der Waals surface area contributed by atoms with Crippen molar-refractivity contribution in [3.05, 3.63) is 63.5 Å². The first-order valence-corrected chi connectivity index (χ1v) is 8.24. The molecule has 6 heteroatoms. The Morgan fingerprint density at radius 2 is 2.00 bits per heavy atom. The molecule has 0 radical (unpaired) electrons. The summed E-state index contributed by atoms with van der Waals surface area (Å²) >= 11 is 7.57. The largest absolute Gasteiger partial charge is 0.497 e. The Bertz CT molecular complexity index is 941. The highest BCUT2D eigenvalue weighted by molar-refractivity contribution is 7.21. The summed E-state index contributed by atoms with van der Waals surface area (Å²) in [5, 5.41) is 9.96. The van der Waals surface area contributed by atoms with Crippen molar-refractivity contribution >= 4 is 39.0 Å². The number of carbonyl (C=O) groups is 1. The van der Waals surface area contributed by atoms with Gasteiger partial charge < -0.3 is 9.47 Å². The van der Waals surface area contributed by atoms with E-state index < -0.39 is 5.97 Å². The molecular weight excluding hydrogens is 346 g/mol. The molecule has 1 heterocycles. The minimum Gasteiger partial charge on any atom is -0.497 e. The Balaban J connectivity index is 1.78. The maximum Gasteiger partial charge on any atom is 0.350 e. The van der Waals surface area contributed by atoms with E-state index in [9.17, 15) is 4.79 Å². The first-order chi connectivity index (χ1) is 11.6. The van der Waals surface area contributed by atoms with Gasteiger partial charge in [-0.2, -0.15) is 5.26 Å². The highest BCUT2D eigenvalue weighted by atomic mass is 35.5. The van der Waals surface area contributed by atoms with Gasteiger partial charge >= 0.3 is 5.97 Å². The number of methoxy groups -OCH3 is 1. The Labute approximate surface area is 147 Å². The summed E-state index contributed by atoms with van der Waals surface area (Å²) in [4.78, 5) is 12.7. The SMILES string of the molecule is COc1ccc2c(Cl)c(C(=O)OCc3ccc(C#N)cc3)sc2c1. The zero-order chi connectivity index (χ0) is 17.1. The van der Waals surface area contributed by atoms with Crippen molar-refractivity contribution in [2.45, 2.75) is 6.61 Å². The number of halogens is 1. The second-order valence-electron chi connectivity index (χ2n) is 4.99. The fraction of sp³-hybridized carbons (Fsp3) is 0.111. The molecule has 0 aliphatic carbocycles. The van der Waals surface area contributed by atoms with Crippen molar-refractivity contribution in [3.63, 3.8) is 0 Å². The number of nitrogens with zero attached hydrogens (tertiary/aromatic N) is 1. The van der Waals surface area contributed by atoms with E-state index in [4.69, 9.17) is 26.3 Å². The lowest BCUT2D eigenvalue weighted by molar-refractivity contribution is 0.0479. The van der Waals surface area contributed by atoms with E-state index in [2.05, 4.69) is 0 Å². The number of fused-ring (bicyclic) bond motifs is 1. The number of hydrogen-bond acceptors (Lipinski definition) is 5. The molecule has 0 spiro atoms. The molecule has 120 valence electrons. The number of carbonyl (C=O) groups excluding carboxylic acids is 1. The summed E-state index contributed by atoms with van der Waals surface area (Å²) in [5.41, 5.74) is 1.37. The third-order valence-corrected chi connectivity index (χ3v) is 5.11. The summed E-state index contributed by atoms with van der Waals surface area (Å²) in [7, 11) is 1.59. The van der Waals surface area contributed by atoms with Gasteiger partial charge in [0, 0.05) is 10.1 Å². The zero-order valence-electron chi connectivity index (χ0n) is 12.7. The molecule has 0 bridgehead atoms. The van der Waals surface area contributed by atoms with E-state index in [1.807, 2.05) is 18.2 Å². The molecule has 0 atom stereocenters. The van der Waals surface area contributed by atoms with Gasteiger partial charge in [0.2, 0.25) is 0 Å². The third-order valence-electron chi connectivity index (χ3n) is 3.47. The standard InChI is InChI=1S/C18H12ClNO3S/c1-22-13-6-7-14-15(8-13)24-17(16(14)19)18(21)23-10-12-4-2-11(9-20)3-5-12/h2-8H,10H2,1H3. The summed E-state index contributed by atoms with van der Waals surface area (Å²) in [5.74, 6) is 0.238. The average molecular weight is 358 g/mol. The predicted octanol–water partition coefficient (Wildman–Crippen LogP) is 4.79. The second-order valence-corrected chi connectivity index (χ2v) is 6.42. The number of hydrogen-bond donors (Lipinski definition) is 0. The van der Waals surface area contributed by atoms with Gasteiger partial charge in [0.05, 0.1) is 23.8 Å². The van der Waals surface area contributed by atoms with E-state index >= 15 is 0 Å². The van der Waals surface area contributed by atoms with Crippen molar-refractivity contribution in [1.29, 1.82) is 5.26 Å². The maximum absolute atomic E-state index is 12.3. The Morgan fingerprint density at radius 3 is 2.67 bits per heavy atom. The van der Waals surface area contributed by atoms with Crippen LogP contribution in [0.5, 0.6) is 5.75 Å². The van der Waals surface area contributed by atoms with Gasteiger partial charge in [-0.1, -0.05) is 23.7 Å². The number of rotatable bonds is 4. The minimum atomic E-state index is -0.468. The molecule has 0 fully saturated rings. The number of ether oxygens (including phenoxy) is 2. The number of nitriles is 1. The van der Waals surface area contributed by atoms with Gasteiger partial charge in [-0.25, -0.2) is 4.79 Å². The first-order valence-electron chi connectivity index (χ1n) is 7.04. The van der Waals surface area contributed by atoms with E-state index in [0.717, 1.165) is 15.6 Å². The van der Waals surface area contributed by atoms with Crippen LogP contribution < -0.4 is 4.74 Å². The van der Waals surface area contributed by atoms with E-state index in [1.165, 1.54) is 11.3 Å². The molecule has 0 saturated heterocycles. The average Bonchev–Trinajstić information content (AvgIpc) is 2.96. The second kappa shape index (κ2) is 6.91. The van der Waals surface area contributed by atoms with Gasteiger partial charge in [0.15, 0.2) is 0 Å². The Hall–Kier alpha value is -2.55. The topological polar surface area (TPSA) is 59.3 Å². The van der Waals surface area contributed by atoms with Crippen molar-refractivity contribution < 1.29 is 14.3 Å². The van der Waals surface area contributed by atoms with Crippen LogP contribution >= 0.6 is 22.9 Å². The normalized spacial score (nSPS) is 10.4. The predicted molar refractivity (Wildman–Crippen MR) is 93.7 cm³/mol. The van der Waals surface area contributed by atoms with Crippen LogP contribution in [0.25, 0.3) is 10.1 Å². The zero-order valence-corrected chi connectivity index (χ0v) is 14.3. The summed E-state index contributed by atoms with van der Waals surface area (Å²) < 4.78 is 11.4. The molecule has 0 amide bonds. The van der Waals surface area contributed by atoms with Crippen LogP contribution in [0.3, 0.4) is 0 Å². The molecule has 4 nitrogen and oxygen atoms in total. The molecule has 1 aromatic heterocycles. The molecule has 3 aromatic rings. The molecule has 24 heavy (non-hydrogen) atoms. The lowest BCUT2D eigenvalue weighted by Gasteiger charge is -2.04. The smallest absolute Gasteiger partial charge is 0.350 e. The van der Waals surface area contributed by atoms with Crippen molar-refractivity contribution in [3.8, 4) is 11.8 Å². The lowest BCUT2D eigenvalue weighted by Crippen LogP contribution is -2.03. The molecular formula is C18H12ClNO3S. The summed E-state index contributed by atoms with van der Waals surface area (Å²) in [6.45, 7) is 0.123. The highest BCUT2D eigenvalue weighted by Crippen LogP contribution is 2.37. The minimum absolute atomic E-state index is 0.123. The van der Waals surface area contributed by atoms with Crippen LogP contribution in [-0.2, 0) is 11.3 Å². The van der Waals surface area contributed by atoms with E-state index in [1.54, 1.807) is 37.4 Å². The fourth-order valence-corrected chi connectivity index (χ4v) is 3.62. The lowest BCUT2D eigenvalue weighted by atomic mass is 10.2. The van der Waals surface area contributed by atoms with Crippen molar-refractivity contribution in [2.24, 2.45) is 0 Å². The van der Waals surface area contributed by atoms with E-state index in [0.29, 0.717) is 21.2 Å². The number of esters is 1. The van der Waals surface area contributed by atoms with Crippen LogP contribution in [-0.4, -0.2) is 13.1 Å². The summed E-state index contributed by atoms with van der Waals surface area (Å²) in [6.07, 6.45) is 0. The number of benzene rings is 2. The van der Waals surface area contributed by atoms with Crippen LogP contribution in [0.2, 0.25) is 5.02 Å². The van der Waals surface area contributed by atoms with Crippen LogP contribution in [0.15, 0.2) is 42.5 Å². The van der Waals surface area contributed by atoms with Gasteiger partial charge in [0.25, 0.3) is 0 Å². The molecule has 0 N–H and O–H groups in total. The Kier molecular flexibility index (Phi) is 4.70. The fourth-order valence-electron chi connectivity index (χ4n) is 2.19. The molecule has 0 aliphatic rings. The van der Waals surface area contributed by atoms with Crippen LogP contribution in [0, 0.1) is 11.3 Å². The maximum atomic E-state index is 12.3. The van der Waals surface area contributed by atoms with Crippen molar-refractivity contribution in [2.75, 3.05) is 7.11 Å². The Morgan fingerprint density at radius 1 is 1.25 bits per heavy atom. The van der Waals surface area contributed by atoms with Crippen molar-refractivity contribution in [1.82, 2.24) is 0 Å². The van der Waals surface area contributed by atoms with Crippen LogP contribution in [0.4, 0.5) is 0 Å². The van der Waals surface area contributed by atoms with Gasteiger partial charge in [-0.05, 0) is 35.9 Å². The first kappa shape index (κ1) is 16.3. The van der Waals surface area contributed by atoms with Gasteiger partial charge in [-0.3, -0.25) is 0 Å². The van der Waals surface area contributed by atoms with E-state index in [-0.39, 0.29) is 6.61 Å². The summed E-state index contributed by atoms with van der Waals surface area (Å²) in [6, 6.07) is 14.4. The van der Waals surface area contributed by atoms with Gasteiger partial charge in [-0.15, -0.1) is 11.3 Å². The molecule has 0 saturated carbocycles. The third kappa shape index (κ3) is 3.21. The van der Waals surface area contributed by atoms with Crippen LogP contribution in [0.1, 0.15) is 20.8 Å². The van der Waals surface area contributed by atoms with Gasteiger partial charge in [0.1, 0.15) is 17.2 Å². The molecule has 0 unspecified atom stereocenters. The monoisotopic (exact) mass is 357 g/mol. The molecule has 3 rings (SSSR count). The molecule has 0 aliphatic heterocycles. The number of thiophene rings is 1. The molecule has 2 aromatic carbocycles. The highest BCUT2D eigenvalue weighted by Gasteiger charge is 2.19.